The van der Waals surface area contributed by atoms with Gasteiger partial charge in [0.05, 0.1) is 6.04 Å². The van der Waals surface area contributed by atoms with E-state index in [0.717, 1.165) is 10.6 Å². The molecule has 0 spiro atoms. The predicted octanol–water partition coefficient (Wildman–Crippen LogP) is 4.64. The minimum atomic E-state index is 0.224. The van der Waals surface area contributed by atoms with Gasteiger partial charge in [-0.25, -0.2) is 0 Å². The van der Waals surface area contributed by atoms with Crippen LogP contribution in [0.5, 0.6) is 0 Å². The number of aryl methyl sites for hydroxylation is 3. The van der Waals surface area contributed by atoms with Gasteiger partial charge in [-0.2, -0.15) is 0 Å². The molecule has 2 aromatic rings. The average molecular weight is 280 g/mol. The van der Waals surface area contributed by atoms with Gasteiger partial charge in [0.2, 0.25) is 0 Å². The van der Waals surface area contributed by atoms with Crippen LogP contribution < -0.4 is 5.32 Å². The molecule has 1 heterocycles. The third-order valence-corrected chi connectivity index (χ3v) is 4.78. The summed E-state index contributed by atoms with van der Waals surface area (Å²) < 4.78 is 0. The summed E-state index contributed by atoms with van der Waals surface area (Å²) in [5.74, 6) is 0. The van der Waals surface area contributed by atoms with Crippen molar-refractivity contribution in [1.29, 1.82) is 0 Å². The summed E-state index contributed by atoms with van der Waals surface area (Å²) in [6.45, 7) is 6.34. The van der Waals surface area contributed by atoms with E-state index >= 15 is 0 Å². The number of thiophene rings is 1. The minimum Gasteiger partial charge on any atom is -0.309 e. The number of hydrogen-bond donors (Lipinski definition) is 1. The van der Waals surface area contributed by atoms with Gasteiger partial charge in [-0.15, -0.1) is 11.3 Å². The van der Waals surface area contributed by atoms with Crippen LogP contribution >= 0.6 is 22.9 Å². The van der Waals surface area contributed by atoms with Crippen molar-refractivity contribution in [2.24, 2.45) is 0 Å². The number of benzene rings is 1. The molecule has 3 heteroatoms. The normalized spacial score (nSPS) is 12.7. The fourth-order valence-corrected chi connectivity index (χ4v) is 3.55. The topological polar surface area (TPSA) is 12.0 Å². The first-order valence-electron chi connectivity index (χ1n) is 6.03. The van der Waals surface area contributed by atoms with Crippen LogP contribution in [-0.4, -0.2) is 7.05 Å². The zero-order chi connectivity index (χ0) is 13.3. The molecule has 0 fully saturated rings. The van der Waals surface area contributed by atoms with Gasteiger partial charge in [-0.1, -0.05) is 23.7 Å². The number of nitrogens with one attached hydrogen (secondary N) is 1. The first-order chi connectivity index (χ1) is 8.52. The van der Waals surface area contributed by atoms with Gasteiger partial charge in [0, 0.05) is 14.8 Å². The Labute approximate surface area is 118 Å². The number of rotatable bonds is 3. The molecule has 1 N–H and O–H groups in total. The maximum Gasteiger partial charge on any atom is 0.0671 e. The molecule has 0 radical (unpaired) electrons. The molecule has 18 heavy (non-hydrogen) atoms. The van der Waals surface area contributed by atoms with Gasteiger partial charge in [-0.05, 0) is 56.6 Å². The lowest BCUT2D eigenvalue weighted by Gasteiger charge is -2.17. The highest BCUT2D eigenvalue weighted by molar-refractivity contribution is 7.12. The fourth-order valence-electron chi connectivity index (χ4n) is 2.18. The molecule has 0 bridgehead atoms. The van der Waals surface area contributed by atoms with Crippen LogP contribution in [0.4, 0.5) is 0 Å². The second-order valence-electron chi connectivity index (χ2n) is 4.63. The third kappa shape index (κ3) is 2.61. The van der Waals surface area contributed by atoms with Crippen LogP contribution in [0.1, 0.15) is 32.5 Å². The SMILES string of the molecule is CNC(c1ccc(C)c(Cl)c1)c1sc(C)cc1C. The molecule has 0 aliphatic heterocycles. The highest BCUT2D eigenvalue weighted by atomic mass is 35.5. The number of hydrogen-bond acceptors (Lipinski definition) is 2. The van der Waals surface area contributed by atoms with Gasteiger partial charge in [0.25, 0.3) is 0 Å². The summed E-state index contributed by atoms with van der Waals surface area (Å²) in [6, 6.07) is 8.75. The Kier molecular flexibility index (Phi) is 4.10. The van der Waals surface area contributed by atoms with E-state index in [4.69, 9.17) is 11.6 Å². The molecule has 0 aliphatic rings. The van der Waals surface area contributed by atoms with Gasteiger partial charge < -0.3 is 5.32 Å². The van der Waals surface area contributed by atoms with Crippen LogP contribution in [0.25, 0.3) is 0 Å². The molecule has 96 valence electrons. The molecule has 0 amide bonds. The van der Waals surface area contributed by atoms with Gasteiger partial charge >= 0.3 is 0 Å². The van der Waals surface area contributed by atoms with Gasteiger partial charge in [0.1, 0.15) is 0 Å². The Hall–Kier alpha value is -0.830. The van der Waals surface area contributed by atoms with E-state index in [2.05, 4.69) is 43.4 Å². The summed E-state index contributed by atoms with van der Waals surface area (Å²) in [6.07, 6.45) is 0. The van der Waals surface area contributed by atoms with Crippen molar-refractivity contribution < 1.29 is 0 Å². The van der Waals surface area contributed by atoms with Crippen molar-refractivity contribution in [1.82, 2.24) is 5.32 Å². The van der Waals surface area contributed by atoms with Crippen molar-refractivity contribution in [3.05, 3.63) is 55.7 Å². The zero-order valence-electron chi connectivity index (χ0n) is 11.2. The highest BCUT2D eigenvalue weighted by Crippen LogP contribution is 2.33. The van der Waals surface area contributed by atoms with Gasteiger partial charge in [-0.3, -0.25) is 0 Å². The first-order valence-corrected chi connectivity index (χ1v) is 7.22. The van der Waals surface area contributed by atoms with Crippen LogP contribution in [0.3, 0.4) is 0 Å². The van der Waals surface area contributed by atoms with E-state index in [1.807, 2.05) is 25.3 Å². The van der Waals surface area contributed by atoms with E-state index in [1.54, 1.807) is 0 Å². The minimum absolute atomic E-state index is 0.224. The Morgan fingerprint density at radius 2 is 1.83 bits per heavy atom. The smallest absolute Gasteiger partial charge is 0.0671 e. The van der Waals surface area contributed by atoms with E-state index in [-0.39, 0.29) is 6.04 Å². The summed E-state index contributed by atoms with van der Waals surface area (Å²) in [5.41, 5.74) is 3.68. The molecular formula is C15H18ClNS. The van der Waals surface area contributed by atoms with Crippen molar-refractivity contribution in [3.8, 4) is 0 Å². The molecular weight excluding hydrogens is 262 g/mol. The summed E-state index contributed by atoms with van der Waals surface area (Å²) >= 11 is 8.07. The van der Waals surface area contributed by atoms with Crippen LogP contribution in [0, 0.1) is 20.8 Å². The Morgan fingerprint density at radius 3 is 2.33 bits per heavy atom. The number of halogens is 1. The lowest BCUT2D eigenvalue weighted by atomic mass is 10.0. The second-order valence-corrected chi connectivity index (χ2v) is 6.33. The van der Waals surface area contributed by atoms with Crippen molar-refractivity contribution in [3.63, 3.8) is 0 Å². The summed E-state index contributed by atoms with van der Waals surface area (Å²) in [7, 11) is 1.99. The van der Waals surface area contributed by atoms with Crippen molar-refractivity contribution >= 4 is 22.9 Å². The monoisotopic (exact) mass is 279 g/mol. The van der Waals surface area contributed by atoms with Crippen LogP contribution in [0.2, 0.25) is 5.02 Å². The molecule has 0 aliphatic carbocycles. The van der Waals surface area contributed by atoms with Crippen LogP contribution in [0.15, 0.2) is 24.3 Å². The molecule has 1 atom stereocenters. The lowest BCUT2D eigenvalue weighted by Crippen LogP contribution is -2.17. The molecule has 2 rings (SSSR count). The van der Waals surface area contributed by atoms with Crippen LogP contribution in [-0.2, 0) is 0 Å². The quantitative estimate of drug-likeness (QED) is 0.863. The Balaban J connectivity index is 2.45. The lowest BCUT2D eigenvalue weighted by molar-refractivity contribution is 0.700. The maximum atomic E-state index is 6.22. The summed E-state index contributed by atoms with van der Waals surface area (Å²) in [5, 5.41) is 4.22. The Morgan fingerprint density at radius 1 is 1.11 bits per heavy atom. The second kappa shape index (κ2) is 5.43. The molecule has 1 unspecified atom stereocenters. The van der Waals surface area contributed by atoms with Crippen molar-refractivity contribution in [2.45, 2.75) is 26.8 Å². The molecule has 1 nitrogen and oxygen atoms in total. The van der Waals surface area contributed by atoms with E-state index in [0.29, 0.717) is 0 Å². The molecule has 1 aromatic carbocycles. The standard InChI is InChI=1S/C15H18ClNS/c1-9-5-6-12(8-13(9)16)14(17-4)15-10(2)7-11(3)18-15/h5-8,14,17H,1-4H3. The van der Waals surface area contributed by atoms with Crippen molar-refractivity contribution in [2.75, 3.05) is 7.05 Å². The molecule has 0 saturated carbocycles. The highest BCUT2D eigenvalue weighted by Gasteiger charge is 2.17. The van der Waals surface area contributed by atoms with E-state index in [1.165, 1.54) is 20.9 Å². The Bertz CT molecular complexity index is 560. The maximum absolute atomic E-state index is 6.22. The average Bonchev–Trinajstić information content (AvgIpc) is 2.64. The molecule has 1 aromatic heterocycles. The molecule has 0 saturated heterocycles. The van der Waals surface area contributed by atoms with E-state index < -0.39 is 0 Å². The van der Waals surface area contributed by atoms with Gasteiger partial charge in [0.15, 0.2) is 0 Å². The fraction of sp³-hybridized carbons (Fsp3) is 0.333. The van der Waals surface area contributed by atoms with E-state index in [9.17, 15) is 0 Å². The predicted molar refractivity (Wildman–Crippen MR) is 80.9 cm³/mol. The largest absolute Gasteiger partial charge is 0.309 e. The zero-order valence-corrected chi connectivity index (χ0v) is 12.7. The first kappa shape index (κ1) is 13.6. The third-order valence-electron chi connectivity index (χ3n) is 3.16. The summed E-state index contributed by atoms with van der Waals surface area (Å²) in [4.78, 5) is 2.72.